The van der Waals surface area contributed by atoms with Gasteiger partial charge in [-0.25, -0.2) is 0 Å². The first-order valence-corrected chi connectivity index (χ1v) is 9.71. The zero-order valence-corrected chi connectivity index (χ0v) is 16.3. The summed E-state index contributed by atoms with van der Waals surface area (Å²) in [4.78, 5) is 0. The smallest absolute Gasteiger partial charge is 0.200 e. The summed E-state index contributed by atoms with van der Waals surface area (Å²) in [5.74, 6) is 0. The van der Waals surface area contributed by atoms with E-state index in [1.807, 2.05) is 0 Å². The Hall–Kier alpha value is -1.68. The monoisotopic (exact) mass is 334 g/mol. The molecule has 2 heteroatoms. The topological polar surface area (TPSA) is 0 Å². The predicted octanol–water partition coefficient (Wildman–Crippen LogP) is 1.74. The fraction of sp³-hybridized carbons (Fsp3) is 0.250. The average molecular weight is 334 g/mol. The zero-order chi connectivity index (χ0) is 17.4. The van der Waals surface area contributed by atoms with Crippen molar-refractivity contribution in [3.63, 3.8) is 0 Å². The van der Waals surface area contributed by atoms with Crippen LogP contribution in [0.25, 0.3) is 0 Å². The number of rotatable bonds is 8. The van der Waals surface area contributed by atoms with Crippen molar-refractivity contribution in [3.05, 3.63) is 91.0 Å². The van der Waals surface area contributed by atoms with Crippen LogP contribution >= 0.6 is 0 Å². The van der Waals surface area contributed by atoms with Crippen molar-refractivity contribution in [1.29, 1.82) is 0 Å². The van der Waals surface area contributed by atoms with E-state index in [1.165, 1.54) is 48.4 Å². The minimum atomic E-state index is -0.928. The fourth-order valence-corrected chi connectivity index (χ4v) is 4.30. The van der Waals surface area contributed by atoms with Gasteiger partial charge in [0.1, 0.15) is 0 Å². The number of hydrogen-bond acceptors (Lipinski definition) is 0. The Balaban J connectivity index is 0.00000243. The van der Waals surface area contributed by atoms with E-state index in [9.17, 15) is 0 Å². The van der Waals surface area contributed by atoms with E-state index in [0.717, 1.165) is 0 Å². The second kappa shape index (κ2) is 10.5. The van der Waals surface area contributed by atoms with Crippen molar-refractivity contribution in [2.24, 2.45) is 0 Å². The molecule has 3 aromatic rings. The van der Waals surface area contributed by atoms with E-state index in [1.54, 1.807) is 0 Å². The van der Waals surface area contributed by atoms with Gasteiger partial charge in [-0.15, -0.1) is 0 Å². The molecule has 0 aliphatic heterocycles. The van der Waals surface area contributed by atoms with Crippen molar-refractivity contribution in [2.45, 2.75) is 38.9 Å². The predicted molar refractivity (Wildman–Crippen MR) is 113 cm³/mol. The second-order valence-electron chi connectivity index (χ2n) is 7.13. The van der Waals surface area contributed by atoms with Crippen molar-refractivity contribution >= 4 is 22.5 Å². The molecule has 3 aromatic carbocycles. The van der Waals surface area contributed by atoms with Gasteiger partial charge in [0, 0.05) is 0 Å². The molecule has 0 fully saturated rings. The molecule has 0 spiro atoms. The molecule has 0 aliphatic rings. The molecule has 0 unspecified atom stereocenters. The first-order chi connectivity index (χ1) is 12.4. The van der Waals surface area contributed by atoms with E-state index >= 15 is 0 Å². The third-order valence-electron chi connectivity index (χ3n) is 5.60. The van der Waals surface area contributed by atoms with Gasteiger partial charge >= 0.3 is 18.9 Å². The molecular formula is C24H28BLi. The Morgan fingerprint density at radius 3 is 1.27 bits per heavy atom. The Bertz CT molecular complexity index is 644. The molecule has 0 saturated heterocycles. The van der Waals surface area contributed by atoms with E-state index in [0.29, 0.717) is 0 Å². The molecule has 0 radical (unpaired) electrons. The van der Waals surface area contributed by atoms with Crippen LogP contribution in [0, 0.1) is 0 Å². The van der Waals surface area contributed by atoms with Crippen molar-refractivity contribution in [1.82, 2.24) is 0 Å². The van der Waals surface area contributed by atoms with Gasteiger partial charge in [-0.05, 0) is 0 Å². The molecule has 0 atom stereocenters. The number of benzene rings is 3. The molecular weight excluding hydrogens is 306 g/mol. The van der Waals surface area contributed by atoms with Crippen LogP contribution in [0.2, 0.25) is 6.32 Å². The van der Waals surface area contributed by atoms with E-state index < -0.39 is 6.15 Å². The fourth-order valence-electron chi connectivity index (χ4n) is 4.30. The van der Waals surface area contributed by atoms with Crippen LogP contribution in [0.3, 0.4) is 0 Å². The van der Waals surface area contributed by atoms with Crippen LogP contribution in [0.1, 0.15) is 32.6 Å². The van der Waals surface area contributed by atoms with Crippen LogP contribution < -0.4 is 35.2 Å². The third kappa shape index (κ3) is 4.53. The minimum Gasteiger partial charge on any atom is -0.200 e. The van der Waals surface area contributed by atoms with E-state index in [2.05, 4.69) is 97.9 Å². The van der Waals surface area contributed by atoms with Gasteiger partial charge in [-0.2, -0.15) is 22.7 Å². The molecule has 0 amide bonds. The third-order valence-corrected chi connectivity index (χ3v) is 5.60. The summed E-state index contributed by atoms with van der Waals surface area (Å²) in [6, 6.07) is 33.4. The molecule has 0 aromatic heterocycles. The molecule has 0 N–H and O–H groups in total. The quantitative estimate of drug-likeness (QED) is 0.435. The molecule has 26 heavy (non-hydrogen) atoms. The van der Waals surface area contributed by atoms with Crippen molar-refractivity contribution in [3.8, 4) is 0 Å². The summed E-state index contributed by atoms with van der Waals surface area (Å²) in [5.41, 5.74) is 4.36. The van der Waals surface area contributed by atoms with Crippen LogP contribution in [-0.4, -0.2) is 6.15 Å². The summed E-state index contributed by atoms with van der Waals surface area (Å²) in [5, 5.41) is 0. The van der Waals surface area contributed by atoms with Crippen LogP contribution in [0.15, 0.2) is 91.0 Å². The molecule has 0 saturated carbocycles. The van der Waals surface area contributed by atoms with Crippen LogP contribution in [-0.2, 0) is 0 Å². The zero-order valence-electron chi connectivity index (χ0n) is 16.3. The molecule has 0 aliphatic carbocycles. The van der Waals surface area contributed by atoms with Gasteiger partial charge in [-0.3, -0.25) is 0 Å². The van der Waals surface area contributed by atoms with Crippen LogP contribution in [0.5, 0.6) is 0 Å². The van der Waals surface area contributed by atoms with E-state index in [-0.39, 0.29) is 18.9 Å². The van der Waals surface area contributed by atoms with Gasteiger partial charge in [0.2, 0.25) is 0 Å². The maximum absolute atomic E-state index is 2.32. The SMILES string of the molecule is CCCCCC[B-](c1ccccc1)(c1ccccc1)c1ccccc1.[Li+]. The molecule has 3 rings (SSSR count). The van der Waals surface area contributed by atoms with Gasteiger partial charge in [-0.1, -0.05) is 124 Å². The summed E-state index contributed by atoms with van der Waals surface area (Å²) in [7, 11) is 0. The molecule has 128 valence electrons. The molecule has 0 bridgehead atoms. The summed E-state index contributed by atoms with van der Waals surface area (Å²) >= 11 is 0. The second-order valence-corrected chi connectivity index (χ2v) is 7.13. The van der Waals surface area contributed by atoms with E-state index in [4.69, 9.17) is 0 Å². The first-order valence-electron chi connectivity index (χ1n) is 9.71. The largest absolute Gasteiger partial charge is 1.00 e. The number of unbranched alkanes of at least 4 members (excludes halogenated alkanes) is 3. The maximum Gasteiger partial charge on any atom is 1.00 e. The molecule has 0 heterocycles. The Labute approximate surface area is 171 Å². The van der Waals surface area contributed by atoms with Gasteiger partial charge < -0.3 is 0 Å². The van der Waals surface area contributed by atoms with Crippen molar-refractivity contribution in [2.75, 3.05) is 0 Å². The first kappa shape index (κ1) is 20.6. The Morgan fingerprint density at radius 2 is 0.923 bits per heavy atom. The van der Waals surface area contributed by atoms with Crippen molar-refractivity contribution < 1.29 is 18.9 Å². The standard InChI is InChI=1S/C24H28B.Li/c1-2-3-4-14-21-25(22-15-8-5-9-16-22,23-17-10-6-11-18-23)24-19-12-7-13-20-24;/h5-13,15-20H,2-4,14,21H2,1H3;/q-1;+1. The maximum atomic E-state index is 2.32. The average Bonchev–Trinajstić information content (AvgIpc) is 2.70. The van der Waals surface area contributed by atoms with Gasteiger partial charge in [0.15, 0.2) is 0 Å². The van der Waals surface area contributed by atoms with Crippen LogP contribution in [0.4, 0.5) is 0 Å². The van der Waals surface area contributed by atoms with Gasteiger partial charge in [0.05, 0.1) is 6.15 Å². The summed E-state index contributed by atoms with van der Waals surface area (Å²) < 4.78 is 0. The normalized spacial score (nSPS) is 11.0. The minimum absolute atomic E-state index is 0. The number of hydrogen-bond donors (Lipinski definition) is 0. The summed E-state index contributed by atoms with van der Waals surface area (Å²) in [6.45, 7) is 2.28. The van der Waals surface area contributed by atoms with Gasteiger partial charge in [0.25, 0.3) is 0 Å². The molecule has 0 nitrogen and oxygen atoms in total. The Kier molecular flexibility index (Phi) is 8.31. The summed E-state index contributed by atoms with van der Waals surface area (Å²) in [6.07, 6.45) is 5.46. The Morgan fingerprint density at radius 1 is 0.538 bits per heavy atom.